The van der Waals surface area contributed by atoms with Crippen LogP contribution in [0.15, 0.2) is 53.2 Å². The lowest BCUT2D eigenvalue weighted by Gasteiger charge is -2.34. The SMILES string of the molecule is Cc1ccccc1CN1CC(=O)N[C@@H](C)c2nc(cs2)C(=O)N(Cc2nc(C(C)C)cs2)CC(=O)N(C)[C@@H](Cc2ccc(Cl)c(Cl)c2)C1=O. The molecule has 1 aliphatic rings. The monoisotopic (exact) mass is 740 g/mol. The number of likely N-dealkylation sites (N-methyl/N-ethyl adjacent to an activating group) is 1. The maximum absolute atomic E-state index is 14.6. The number of aryl methyl sites for hydroxylation is 1. The van der Waals surface area contributed by atoms with E-state index in [-0.39, 0.29) is 44.2 Å². The maximum atomic E-state index is 14.6. The van der Waals surface area contributed by atoms with Gasteiger partial charge in [-0.1, -0.05) is 67.4 Å². The fourth-order valence-corrected chi connectivity index (χ4v) is 7.53. The highest BCUT2D eigenvalue weighted by Gasteiger charge is 2.35. The highest BCUT2D eigenvalue weighted by molar-refractivity contribution is 7.10. The molecule has 0 saturated carbocycles. The lowest BCUT2D eigenvalue weighted by molar-refractivity contribution is -0.146. The fraction of sp³-hybridized carbons (Fsp3) is 0.371. The van der Waals surface area contributed by atoms with Gasteiger partial charge in [0.2, 0.25) is 17.7 Å². The topological polar surface area (TPSA) is 116 Å². The van der Waals surface area contributed by atoms with E-state index >= 15 is 0 Å². The van der Waals surface area contributed by atoms with E-state index < -0.39 is 35.7 Å². The quantitative estimate of drug-likeness (QED) is 0.239. The molecule has 4 amide bonds. The van der Waals surface area contributed by atoms with Gasteiger partial charge in [-0.25, -0.2) is 9.97 Å². The Kier molecular flexibility index (Phi) is 11.7. The average molecular weight is 742 g/mol. The molecule has 258 valence electrons. The highest BCUT2D eigenvalue weighted by atomic mass is 35.5. The normalized spacial score (nSPS) is 18.2. The minimum atomic E-state index is -1.04. The minimum absolute atomic E-state index is 0.0831. The number of fused-ring (bicyclic) bond motifs is 2. The molecule has 3 heterocycles. The van der Waals surface area contributed by atoms with Crippen molar-refractivity contribution >= 4 is 69.5 Å². The first-order chi connectivity index (χ1) is 23.3. The van der Waals surface area contributed by atoms with Gasteiger partial charge >= 0.3 is 0 Å². The number of nitrogens with one attached hydrogen (secondary N) is 1. The zero-order valence-corrected chi connectivity index (χ0v) is 31.1. The number of hydrogen-bond acceptors (Lipinski definition) is 8. The van der Waals surface area contributed by atoms with Crippen molar-refractivity contribution in [3.05, 3.63) is 101 Å². The second kappa shape index (κ2) is 15.8. The fourth-order valence-electron chi connectivity index (χ4n) is 5.44. The molecule has 0 radical (unpaired) electrons. The van der Waals surface area contributed by atoms with Gasteiger partial charge in [0.15, 0.2) is 0 Å². The van der Waals surface area contributed by atoms with Crippen molar-refractivity contribution in [1.29, 1.82) is 0 Å². The summed E-state index contributed by atoms with van der Waals surface area (Å²) in [5.41, 5.74) is 3.55. The summed E-state index contributed by atoms with van der Waals surface area (Å²) in [6.07, 6.45) is 0.0908. The molecule has 5 rings (SSSR count). The standard InChI is InChI=1S/C35H38Cl2N6O4S2/c1-20(2)27-18-48-31(39-27)16-43-17-32(45)41(5)29(13-23-10-11-25(36)26(37)12-23)35(47)42(14-24-9-7-6-8-21(24)3)15-30(44)38-22(4)33-40-28(19-49-33)34(43)46/h6-12,18-20,22,29H,13-17H2,1-5H3,(H,38,44)/t22-,29-/m0/s1. The summed E-state index contributed by atoms with van der Waals surface area (Å²) in [5, 5.41) is 8.40. The largest absolute Gasteiger partial charge is 0.346 e. The predicted octanol–water partition coefficient (Wildman–Crippen LogP) is 6.27. The van der Waals surface area contributed by atoms with Gasteiger partial charge in [0.1, 0.15) is 28.3 Å². The van der Waals surface area contributed by atoms with Gasteiger partial charge < -0.3 is 20.0 Å². The number of rotatable bonds is 7. The van der Waals surface area contributed by atoms with Crippen LogP contribution in [0.4, 0.5) is 0 Å². The zero-order chi connectivity index (χ0) is 35.4. The van der Waals surface area contributed by atoms with Crippen LogP contribution in [0.25, 0.3) is 0 Å². The van der Waals surface area contributed by atoms with Gasteiger partial charge in [0, 0.05) is 30.8 Å². The van der Waals surface area contributed by atoms with Crippen molar-refractivity contribution in [2.45, 2.75) is 65.2 Å². The third-order valence-corrected chi connectivity index (χ3v) is 11.0. The van der Waals surface area contributed by atoms with E-state index in [0.29, 0.717) is 25.6 Å². The van der Waals surface area contributed by atoms with E-state index in [0.717, 1.165) is 16.8 Å². The second-order valence-electron chi connectivity index (χ2n) is 12.4. The first-order valence-electron chi connectivity index (χ1n) is 15.8. The van der Waals surface area contributed by atoms with Crippen LogP contribution in [-0.2, 0) is 33.9 Å². The van der Waals surface area contributed by atoms with Crippen molar-refractivity contribution in [2.75, 3.05) is 20.1 Å². The Bertz CT molecular complexity index is 1860. The Morgan fingerprint density at radius 3 is 2.39 bits per heavy atom. The molecule has 0 fully saturated rings. The van der Waals surface area contributed by atoms with Gasteiger partial charge in [-0.3, -0.25) is 19.2 Å². The molecule has 0 saturated heterocycles. The summed E-state index contributed by atoms with van der Waals surface area (Å²) in [5.74, 6) is -1.55. The zero-order valence-electron chi connectivity index (χ0n) is 27.9. The first-order valence-corrected chi connectivity index (χ1v) is 18.3. The molecule has 2 bridgehead atoms. The third kappa shape index (κ3) is 8.85. The molecule has 1 aliphatic heterocycles. The van der Waals surface area contributed by atoms with Crippen LogP contribution in [0, 0.1) is 6.92 Å². The number of benzene rings is 2. The van der Waals surface area contributed by atoms with Crippen LogP contribution in [-0.4, -0.2) is 74.5 Å². The number of carbonyl (C=O) groups excluding carboxylic acids is 4. The van der Waals surface area contributed by atoms with Crippen LogP contribution in [0.2, 0.25) is 10.0 Å². The maximum Gasteiger partial charge on any atom is 0.274 e. The minimum Gasteiger partial charge on any atom is -0.346 e. The molecule has 4 aromatic rings. The summed E-state index contributed by atoms with van der Waals surface area (Å²) in [4.78, 5) is 69.8. The number of amides is 4. The second-order valence-corrected chi connectivity index (χ2v) is 15.1. The van der Waals surface area contributed by atoms with Gasteiger partial charge in [0.25, 0.3) is 5.91 Å². The van der Waals surface area contributed by atoms with Crippen molar-refractivity contribution in [2.24, 2.45) is 0 Å². The smallest absolute Gasteiger partial charge is 0.274 e. The van der Waals surface area contributed by atoms with Crippen LogP contribution in [0.1, 0.15) is 75.6 Å². The van der Waals surface area contributed by atoms with Gasteiger partial charge in [-0.2, -0.15) is 0 Å². The van der Waals surface area contributed by atoms with Crippen LogP contribution >= 0.6 is 45.9 Å². The lowest BCUT2D eigenvalue weighted by Crippen LogP contribution is -2.54. The molecule has 2 atom stereocenters. The molecule has 0 spiro atoms. The summed E-state index contributed by atoms with van der Waals surface area (Å²) in [6.45, 7) is 7.44. The summed E-state index contributed by atoms with van der Waals surface area (Å²) < 4.78 is 0. The van der Waals surface area contributed by atoms with E-state index in [9.17, 15) is 19.2 Å². The Morgan fingerprint density at radius 1 is 0.939 bits per heavy atom. The van der Waals surface area contributed by atoms with Gasteiger partial charge in [-0.15, -0.1) is 22.7 Å². The van der Waals surface area contributed by atoms with E-state index in [1.54, 1.807) is 37.6 Å². The van der Waals surface area contributed by atoms with E-state index in [4.69, 9.17) is 28.2 Å². The molecular formula is C35H38Cl2N6O4S2. The van der Waals surface area contributed by atoms with Crippen molar-refractivity contribution < 1.29 is 19.2 Å². The van der Waals surface area contributed by atoms with E-state index in [1.807, 2.05) is 50.4 Å². The molecule has 2 aromatic carbocycles. The molecule has 0 aliphatic carbocycles. The highest BCUT2D eigenvalue weighted by Crippen LogP contribution is 2.26. The number of aromatic nitrogens is 2. The molecule has 2 aromatic heterocycles. The van der Waals surface area contributed by atoms with E-state index in [2.05, 4.69) is 10.3 Å². The van der Waals surface area contributed by atoms with Crippen LogP contribution in [0.3, 0.4) is 0 Å². The Morgan fingerprint density at radius 2 is 1.69 bits per heavy atom. The van der Waals surface area contributed by atoms with Crippen molar-refractivity contribution in [3.63, 3.8) is 0 Å². The average Bonchev–Trinajstić information content (AvgIpc) is 3.75. The van der Waals surface area contributed by atoms with E-state index in [1.165, 1.54) is 37.4 Å². The Hall–Kier alpha value is -3.84. The third-order valence-electron chi connectivity index (χ3n) is 8.42. The predicted molar refractivity (Wildman–Crippen MR) is 193 cm³/mol. The molecule has 49 heavy (non-hydrogen) atoms. The molecule has 0 unspecified atom stereocenters. The lowest BCUT2D eigenvalue weighted by atomic mass is 10.0. The summed E-state index contributed by atoms with van der Waals surface area (Å²) in [6, 6.07) is 11.1. The van der Waals surface area contributed by atoms with Crippen LogP contribution in [0.5, 0.6) is 0 Å². The number of thiazole rings is 2. The number of hydrogen-bond donors (Lipinski definition) is 1. The molecule has 10 nitrogen and oxygen atoms in total. The van der Waals surface area contributed by atoms with Gasteiger partial charge in [0.05, 0.1) is 34.9 Å². The number of carbonyl (C=O) groups is 4. The molecular weight excluding hydrogens is 703 g/mol. The van der Waals surface area contributed by atoms with Crippen molar-refractivity contribution in [3.8, 4) is 0 Å². The summed E-state index contributed by atoms with van der Waals surface area (Å²) >= 11 is 15.2. The molecule has 14 heteroatoms. The first kappa shape index (κ1) is 36.4. The van der Waals surface area contributed by atoms with Crippen LogP contribution < -0.4 is 5.32 Å². The Balaban J connectivity index is 1.56. The number of nitrogens with zero attached hydrogens (tertiary/aromatic N) is 5. The Labute approximate surface area is 304 Å². The van der Waals surface area contributed by atoms with Crippen molar-refractivity contribution in [1.82, 2.24) is 30.0 Å². The molecule has 1 N–H and O–H groups in total. The summed E-state index contributed by atoms with van der Waals surface area (Å²) in [7, 11) is 1.54. The van der Waals surface area contributed by atoms with Gasteiger partial charge in [-0.05, 0) is 48.6 Å². The number of halogens is 2.